The van der Waals surface area contributed by atoms with Crippen molar-refractivity contribution >= 4 is 11.3 Å². The van der Waals surface area contributed by atoms with Gasteiger partial charge in [0.15, 0.2) is 4.80 Å². The Labute approximate surface area is 92.1 Å². The fourth-order valence-electron chi connectivity index (χ4n) is 1.42. The average Bonchev–Trinajstić information content (AvgIpc) is 2.60. The van der Waals surface area contributed by atoms with Gasteiger partial charge in [-0.25, -0.2) is 0 Å². The smallest absolute Gasteiger partial charge is 0.182 e. The second kappa shape index (κ2) is 3.90. The summed E-state index contributed by atoms with van der Waals surface area (Å²) < 4.78 is 7.03. The van der Waals surface area contributed by atoms with Gasteiger partial charge in [0.05, 0.1) is 12.8 Å². The summed E-state index contributed by atoms with van der Waals surface area (Å²) in [5, 5.41) is 9.62. The highest BCUT2D eigenvalue weighted by molar-refractivity contribution is 7.07. The second-order valence-corrected chi connectivity index (χ2v) is 4.08. The number of aromatic nitrogens is 1. The van der Waals surface area contributed by atoms with Crippen LogP contribution in [0.4, 0.5) is 0 Å². The fourth-order valence-corrected chi connectivity index (χ4v) is 2.20. The van der Waals surface area contributed by atoms with Gasteiger partial charge in [-0.1, -0.05) is 12.1 Å². The summed E-state index contributed by atoms with van der Waals surface area (Å²) in [5.41, 5.74) is 2.12. The minimum Gasteiger partial charge on any atom is -0.497 e. The third-order valence-electron chi connectivity index (χ3n) is 2.31. The molecule has 4 heteroatoms. The van der Waals surface area contributed by atoms with Crippen LogP contribution in [-0.2, 0) is 7.05 Å². The Hall–Kier alpha value is -1.55. The first-order valence-electron chi connectivity index (χ1n) is 4.56. The molecular weight excluding hydrogens is 208 g/mol. The quantitative estimate of drug-likeness (QED) is 0.828. The lowest BCUT2D eigenvalue weighted by Gasteiger charge is -2.04. The zero-order valence-corrected chi connectivity index (χ0v) is 9.47. The monoisotopic (exact) mass is 220 g/mol. The maximum Gasteiger partial charge on any atom is 0.182 e. The van der Waals surface area contributed by atoms with Crippen LogP contribution < -0.4 is 9.54 Å². The number of hydrogen-bond acceptors (Lipinski definition) is 3. The molecule has 2 aromatic rings. The van der Waals surface area contributed by atoms with Gasteiger partial charge >= 0.3 is 0 Å². The first kappa shape index (κ1) is 9.98. The molecule has 2 rings (SSSR count). The fraction of sp³-hybridized carbons (Fsp3) is 0.182. The lowest BCUT2D eigenvalue weighted by Crippen LogP contribution is -2.08. The molecule has 0 spiro atoms. The molecule has 1 aromatic heterocycles. The highest BCUT2D eigenvalue weighted by Gasteiger charge is 2.04. The summed E-state index contributed by atoms with van der Waals surface area (Å²) in [5.74, 6) is 0.838. The van der Waals surface area contributed by atoms with Crippen LogP contribution in [0.2, 0.25) is 0 Å². The third-order valence-corrected chi connectivity index (χ3v) is 3.15. The van der Waals surface area contributed by atoms with Gasteiger partial charge in [-0.05, 0) is 12.1 Å². The van der Waals surface area contributed by atoms with Crippen molar-refractivity contribution in [2.45, 2.75) is 0 Å². The number of ether oxygens (including phenoxy) is 1. The van der Waals surface area contributed by atoms with Gasteiger partial charge in [0.25, 0.3) is 0 Å². The molecule has 0 saturated heterocycles. The van der Waals surface area contributed by atoms with E-state index in [0.29, 0.717) is 4.80 Å². The zero-order chi connectivity index (χ0) is 10.8. The minimum atomic E-state index is 0.549. The van der Waals surface area contributed by atoms with Crippen molar-refractivity contribution in [1.82, 2.24) is 4.57 Å². The van der Waals surface area contributed by atoms with Crippen LogP contribution in [0.25, 0.3) is 11.3 Å². The molecule has 1 N–H and O–H groups in total. The van der Waals surface area contributed by atoms with E-state index < -0.39 is 0 Å². The van der Waals surface area contributed by atoms with Gasteiger partial charge in [0.2, 0.25) is 0 Å². The molecule has 0 unspecified atom stereocenters. The molecule has 0 aliphatic rings. The molecule has 1 heterocycles. The van der Waals surface area contributed by atoms with Crippen LogP contribution in [0.1, 0.15) is 0 Å². The number of hydrogen-bond donors (Lipinski definition) is 1. The van der Waals surface area contributed by atoms with Crippen molar-refractivity contribution in [2.75, 3.05) is 7.11 Å². The molecule has 1 aromatic carbocycles. The molecule has 0 atom stereocenters. The predicted molar refractivity (Wildman–Crippen MR) is 61.1 cm³/mol. The summed E-state index contributed by atoms with van der Waals surface area (Å²) >= 11 is 1.43. The van der Waals surface area contributed by atoms with Crippen molar-refractivity contribution in [2.24, 2.45) is 7.05 Å². The molecular formula is C11H12N2OS. The first-order chi connectivity index (χ1) is 7.22. The molecule has 0 bridgehead atoms. The van der Waals surface area contributed by atoms with Gasteiger partial charge < -0.3 is 9.30 Å². The van der Waals surface area contributed by atoms with Crippen LogP contribution in [0, 0.1) is 5.41 Å². The summed E-state index contributed by atoms with van der Waals surface area (Å²) in [4.78, 5) is 0.549. The van der Waals surface area contributed by atoms with E-state index in [1.807, 2.05) is 41.3 Å². The van der Waals surface area contributed by atoms with Crippen molar-refractivity contribution in [3.8, 4) is 17.0 Å². The number of thiazole rings is 1. The molecule has 3 nitrogen and oxygen atoms in total. The topological polar surface area (TPSA) is 38.0 Å². The Kier molecular flexibility index (Phi) is 2.60. The highest BCUT2D eigenvalue weighted by atomic mass is 32.1. The highest BCUT2D eigenvalue weighted by Crippen LogP contribution is 2.23. The number of rotatable bonds is 2. The van der Waals surface area contributed by atoms with Crippen molar-refractivity contribution in [3.05, 3.63) is 34.4 Å². The summed E-state index contributed by atoms with van der Waals surface area (Å²) in [6.07, 6.45) is 0. The number of nitrogens with one attached hydrogen (secondary N) is 1. The van der Waals surface area contributed by atoms with E-state index in [0.717, 1.165) is 17.0 Å². The molecule has 15 heavy (non-hydrogen) atoms. The Balaban J connectivity index is 2.54. The van der Waals surface area contributed by atoms with Gasteiger partial charge in [0.1, 0.15) is 5.75 Å². The van der Waals surface area contributed by atoms with Gasteiger partial charge in [-0.3, -0.25) is 5.41 Å². The van der Waals surface area contributed by atoms with Crippen LogP contribution in [0.15, 0.2) is 29.6 Å². The minimum absolute atomic E-state index is 0.549. The normalized spacial score (nSPS) is 10.3. The van der Waals surface area contributed by atoms with Crippen molar-refractivity contribution < 1.29 is 4.74 Å². The Morgan fingerprint density at radius 3 is 2.80 bits per heavy atom. The van der Waals surface area contributed by atoms with E-state index in [1.54, 1.807) is 7.11 Å². The average molecular weight is 220 g/mol. The molecule has 0 radical (unpaired) electrons. The third kappa shape index (κ3) is 1.80. The Morgan fingerprint density at radius 1 is 1.40 bits per heavy atom. The van der Waals surface area contributed by atoms with E-state index >= 15 is 0 Å². The lowest BCUT2D eigenvalue weighted by molar-refractivity contribution is 0.415. The van der Waals surface area contributed by atoms with Crippen LogP contribution in [0.5, 0.6) is 5.75 Å². The molecule has 0 amide bonds. The Bertz CT molecular complexity index is 527. The van der Waals surface area contributed by atoms with Gasteiger partial charge in [-0.2, -0.15) is 0 Å². The summed E-state index contributed by atoms with van der Waals surface area (Å²) in [7, 11) is 3.55. The van der Waals surface area contributed by atoms with Crippen molar-refractivity contribution in [1.29, 1.82) is 5.41 Å². The second-order valence-electron chi connectivity index (χ2n) is 3.22. The number of methoxy groups -OCH3 is 1. The largest absolute Gasteiger partial charge is 0.497 e. The Morgan fingerprint density at radius 2 is 2.20 bits per heavy atom. The number of nitrogens with zero attached hydrogens (tertiary/aromatic N) is 1. The summed E-state index contributed by atoms with van der Waals surface area (Å²) in [6.45, 7) is 0. The van der Waals surface area contributed by atoms with Crippen molar-refractivity contribution in [3.63, 3.8) is 0 Å². The zero-order valence-electron chi connectivity index (χ0n) is 8.65. The van der Waals surface area contributed by atoms with Gasteiger partial charge in [-0.15, -0.1) is 11.3 Å². The molecule has 78 valence electrons. The SMILES string of the molecule is COc1cccc(-c2csc(=N)n2C)c1. The maximum absolute atomic E-state index is 7.64. The number of benzene rings is 1. The molecule has 0 aliphatic heterocycles. The van der Waals surface area contributed by atoms with Gasteiger partial charge in [0, 0.05) is 18.0 Å². The van der Waals surface area contributed by atoms with E-state index in [1.165, 1.54) is 11.3 Å². The molecule has 0 saturated carbocycles. The molecule has 0 fully saturated rings. The predicted octanol–water partition coefficient (Wildman–Crippen LogP) is 2.24. The van der Waals surface area contributed by atoms with E-state index in [9.17, 15) is 0 Å². The maximum atomic E-state index is 7.64. The van der Waals surface area contributed by atoms with Crippen LogP contribution in [0.3, 0.4) is 0 Å². The van der Waals surface area contributed by atoms with E-state index in [4.69, 9.17) is 10.1 Å². The first-order valence-corrected chi connectivity index (χ1v) is 5.44. The lowest BCUT2D eigenvalue weighted by atomic mass is 10.1. The van der Waals surface area contributed by atoms with Crippen LogP contribution in [-0.4, -0.2) is 11.7 Å². The standard InChI is InChI=1S/C11H12N2OS/c1-13-10(7-15-11(13)12)8-4-3-5-9(6-8)14-2/h3-7,12H,1-2H3. The van der Waals surface area contributed by atoms with Crippen LogP contribution >= 0.6 is 11.3 Å². The summed E-state index contributed by atoms with van der Waals surface area (Å²) in [6, 6.07) is 7.86. The molecule has 0 aliphatic carbocycles. The van der Waals surface area contributed by atoms with E-state index in [-0.39, 0.29) is 0 Å². The van der Waals surface area contributed by atoms with E-state index in [2.05, 4.69) is 0 Å².